The zero-order valence-electron chi connectivity index (χ0n) is 19.6. The van der Waals surface area contributed by atoms with Crippen LogP contribution in [0.1, 0.15) is 122 Å². The number of nitrogens with one attached hydrogen (secondary N) is 1. The summed E-state index contributed by atoms with van der Waals surface area (Å²) in [6, 6.07) is 0. The van der Waals surface area contributed by atoms with Crippen LogP contribution in [0.25, 0.3) is 0 Å². The van der Waals surface area contributed by atoms with Crippen molar-refractivity contribution in [2.45, 2.75) is 128 Å². The average molecular weight is 440 g/mol. The molecule has 30 heavy (non-hydrogen) atoms. The van der Waals surface area contributed by atoms with E-state index in [0.29, 0.717) is 18.4 Å². The van der Waals surface area contributed by atoms with Crippen LogP contribution in [0, 0.1) is 5.92 Å². The topological polar surface area (TPSA) is 38.3 Å². The number of carbonyl (C=O) groups is 1. The standard InChI is InChI=1S/C26H49NO2S/c28-26(27-23-24-15-10-6-2-1-3-7-11-16-24)19-22-30-21-14-20-29-25-17-12-8-4-5-9-13-18-25/h24-25H,1-23H2,(H,27,28). The summed E-state index contributed by atoms with van der Waals surface area (Å²) in [5.41, 5.74) is 0. The van der Waals surface area contributed by atoms with Crippen molar-refractivity contribution in [3.63, 3.8) is 0 Å². The van der Waals surface area contributed by atoms with Crippen molar-refractivity contribution in [3.05, 3.63) is 0 Å². The van der Waals surface area contributed by atoms with Crippen molar-refractivity contribution >= 4 is 17.7 Å². The highest BCUT2D eigenvalue weighted by Crippen LogP contribution is 2.21. The van der Waals surface area contributed by atoms with Crippen LogP contribution in [-0.4, -0.2) is 36.7 Å². The van der Waals surface area contributed by atoms with E-state index in [1.165, 1.54) is 109 Å². The first-order valence-corrected chi connectivity index (χ1v) is 14.5. The van der Waals surface area contributed by atoms with E-state index < -0.39 is 0 Å². The minimum absolute atomic E-state index is 0.251. The molecule has 2 saturated carbocycles. The van der Waals surface area contributed by atoms with E-state index >= 15 is 0 Å². The van der Waals surface area contributed by atoms with Crippen LogP contribution in [0.4, 0.5) is 0 Å². The Morgan fingerprint density at radius 1 is 0.733 bits per heavy atom. The Morgan fingerprint density at radius 2 is 1.27 bits per heavy atom. The van der Waals surface area contributed by atoms with Gasteiger partial charge in [-0.15, -0.1) is 0 Å². The zero-order chi connectivity index (χ0) is 21.1. The second kappa shape index (κ2) is 18.4. The van der Waals surface area contributed by atoms with Gasteiger partial charge < -0.3 is 10.1 Å². The number of thioether (sulfide) groups is 1. The smallest absolute Gasteiger partial charge is 0.220 e. The maximum absolute atomic E-state index is 12.2. The van der Waals surface area contributed by atoms with Gasteiger partial charge in [-0.25, -0.2) is 0 Å². The number of rotatable bonds is 10. The summed E-state index contributed by atoms with van der Waals surface area (Å²) in [7, 11) is 0. The van der Waals surface area contributed by atoms with Gasteiger partial charge in [0, 0.05) is 25.3 Å². The minimum Gasteiger partial charge on any atom is -0.378 e. The van der Waals surface area contributed by atoms with E-state index in [2.05, 4.69) is 5.32 Å². The number of hydrogen-bond acceptors (Lipinski definition) is 3. The molecule has 1 amide bonds. The molecule has 2 rings (SSSR count). The molecule has 0 radical (unpaired) electrons. The normalized spacial score (nSPS) is 21.3. The summed E-state index contributed by atoms with van der Waals surface area (Å²) in [5.74, 6) is 3.01. The molecule has 0 unspecified atom stereocenters. The Kier molecular flexibility index (Phi) is 15.9. The second-order valence-electron chi connectivity index (χ2n) is 9.63. The quantitative estimate of drug-likeness (QED) is 0.364. The lowest BCUT2D eigenvalue weighted by Crippen LogP contribution is -2.29. The summed E-state index contributed by atoms with van der Waals surface area (Å²) in [6.07, 6.45) is 25.4. The Balaban J connectivity index is 1.43. The molecule has 3 nitrogen and oxygen atoms in total. The Hall–Kier alpha value is -0.220. The second-order valence-corrected chi connectivity index (χ2v) is 10.9. The zero-order valence-corrected chi connectivity index (χ0v) is 20.5. The predicted octanol–water partition coefficient (Wildman–Crippen LogP) is 7.28. The summed E-state index contributed by atoms with van der Waals surface area (Å²) < 4.78 is 6.15. The van der Waals surface area contributed by atoms with E-state index in [0.717, 1.165) is 31.1 Å². The fourth-order valence-corrected chi connectivity index (χ4v) is 5.74. The summed E-state index contributed by atoms with van der Waals surface area (Å²) in [4.78, 5) is 12.2. The molecule has 0 atom stereocenters. The van der Waals surface area contributed by atoms with E-state index in [-0.39, 0.29) is 5.91 Å². The number of ether oxygens (including phenoxy) is 1. The Labute approximate surface area is 191 Å². The summed E-state index contributed by atoms with van der Waals surface area (Å²) in [5, 5.41) is 3.22. The number of carbonyl (C=O) groups excluding carboxylic acids is 1. The molecule has 2 fully saturated rings. The van der Waals surface area contributed by atoms with Gasteiger partial charge in [-0.05, 0) is 43.8 Å². The van der Waals surface area contributed by atoms with Crippen molar-refractivity contribution in [2.75, 3.05) is 24.7 Å². The van der Waals surface area contributed by atoms with Crippen LogP contribution in [0.2, 0.25) is 0 Å². The molecule has 0 aromatic rings. The van der Waals surface area contributed by atoms with Crippen LogP contribution < -0.4 is 5.32 Å². The molecule has 4 heteroatoms. The molecule has 176 valence electrons. The third kappa shape index (κ3) is 14.0. The molecular weight excluding hydrogens is 390 g/mol. The minimum atomic E-state index is 0.251. The lowest BCUT2D eigenvalue weighted by molar-refractivity contribution is -0.120. The van der Waals surface area contributed by atoms with Gasteiger partial charge >= 0.3 is 0 Å². The third-order valence-electron chi connectivity index (χ3n) is 6.87. The van der Waals surface area contributed by atoms with Gasteiger partial charge in [0.25, 0.3) is 0 Å². The van der Waals surface area contributed by atoms with Crippen LogP contribution in [0.3, 0.4) is 0 Å². The first kappa shape index (κ1) is 26.0. The van der Waals surface area contributed by atoms with Crippen LogP contribution in [0.5, 0.6) is 0 Å². The molecule has 1 N–H and O–H groups in total. The molecule has 0 aliphatic heterocycles. The highest BCUT2D eigenvalue weighted by molar-refractivity contribution is 7.99. The third-order valence-corrected chi connectivity index (χ3v) is 7.95. The molecule has 0 spiro atoms. The maximum Gasteiger partial charge on any atom is 0.220 e. The van der Waals surface area contributed by atoms with Gasteiger partial charge in [0.05, 0.1) is 6.10 Å². The van der Waals surface area contributed by atoms with Gasteiger partial charge in [-0.1, -0.05) is 83.5 Å². The first-order valence-electron chi connectivity index (χ1n) is 13.3. The van der Waals surface area contributed by atoms with Gasteiger partial charge in [-0.2, -0.15) is 11.8 Å². The fraction of sp³-hybridized carbons (Fsp3) is 0.962. The predicted molar refractivity (Wildman–Crippen MR) is 131 cm³/mol. The maximum atomic E-state index is 12.2. The van der Waals surface area contributed by atoms with Crippen LogP contribution in [0.15, 0.2) is 0 Å². The average Bonchev–Trinajstić information content (AvgIpc) is 2.89. The molecule has 0 heterocycles. The Bertz CT molecular complexity index is 398. The van der Waals surface area contributed by atoms with Crippen molar-refractivity contribution in [1.82, 2.24) is 5.32 Å². The van der Waals surface area contributed by atoms with E-state index in [4.69, 9.17) is 4.74 Å². The number of amides is 1. The van der Waals surface area contributed by atoms with Crippen molar-refractivity contribution in [3.8, 4) is 0 Å². The molecule has 2 aliphatic carbocycles. The number of hydrogen-bond donors (Lipinski definition) is 1. The summed E-state index contributed by atoms with van der Waals surface area (Å²) in [6.45, 7) is 1.80. The monoisotopic (exact) mass is 439 g/mol. The molecular formula is C26H49NO2S. The lowest BCUT2D eigenvalue weighted by Gasteiger charge is -2.19. The van der Waals surface area contributed by atoms with Crippen molar-refractivity contribution in [1.29, 1.82) is 0 Å². The largest absolute Gasteiger partial charge is 0.378 e. The van der Waals surface area contributed by atoms with Gasteiger partial charge in [0.1, 0.15) is 0 Å². The van der Waals surface area contributed by atoms with Crippen LogP contribution >= 0.6 is 11.8 Å². The SMILES string of the molecule is O=C(CCSCCCOC1CCCCCCCC1)NCC1CCCCCCCCC1. The van der Waals surface area contributed by atoms with E-state index in [9.17, 15) is 4.79 Å². The van der Waals surface area contributed by atoms with Crippen molar-refractivity contribution < 1.29 is 9.53 Å². The molecule has 0 aromatic carbocycles. The van der Waals surface area contributed by atoms with Crippen molar-refractivity contribution in [2.24, 2.45) is 5.92 Å². The van der Waals surface area contributed by atoms with Gasteiger partial charge in [0.2, 0.25) is 5.91 Å². The molecule has 0 saturated heterocycles. The summed E-state index contributed by atoms with van der Waals surface area (Å²) >= 11 is 1.91. The highest BCUT2D eigenvalue weighted by atomic mass is 32.2. The molecule has 0 bridgehead atoms. The van der Waals surface area contributed by atoms with E-state index in [1.54, 1.807) is 0 Å². The molecule has 2 aliphatic rings. The fourth-order valence-electron chi connectivity index (χ4n) is 4.88. The van der Waals surface area contributed by atoms with E-state index in [1.807, 2.05) is 11.8 Å². The van der Waals surface area contributed by atoms with Crippen LogP contribution in [-0.2, 0) is 9.53 Å². The van der Waals surface area contributed by atoms with Gasteiger partial charge in [-0.3, -0.25) is 4.79 Å². The van der Waals surface area contributed by atoms with Gasteiger partial charge in [0.15, 0.2) is 0 Å². The Morgan fingerprint density at radius 3 is 1.87 bits per heavy atom. The highest BCUT2D eigenvalue weighted by Gasteiger charge is 2.12. The lowest BCUT2D eigenvalue weighted by atomic mass is 9.92. The molecule has 0 aromatic heterocycles. The first-order chi connectivity index (χ1) is 14.8.